The van der Waals surface area contributed by atoms with E-state index in [1.54, 1.807) is 12.3 Å². The molecule has 1 saturated heterocycles. The number of benzene rings is 1. The summed E-state index contributed by atoms with van der Waals surface area (Å²) >= 11 is 0. The predicted molar refractivity (Wildman–Crippen MR) is 103 cm³/mol. The third kappa shape index (κ3) is 3.59. The minimum Gasteiger partial charge on any atom is -0.379 e. The van der Waals surface area contributed by atoms with E-state index < -0.39 is 10.0 Å². The second kappa shape index (κ2) is 7.58. The summed E-state index contributed by atoms with van der Waals surface area (Å²) in [5, 5.41) is 0. The molecular formula is C20H26N3O3S+. The van der Waals surface area contributed by atoms with E-state index in [1.807, 2.05) is 6.07 Å². The minimum absolute atomic E-state index is 0.297. The van der Waals surface area contributed by atoms with Crippen molar-refractivity contribution in [2.24, 2.45) is 0 Å². The largest absolute Gasteiger partial charge is 0.379 e. The van der Waals surface area contributed by atoms with Gasteiger partial charge in [0.15, 0.2) is 0 Å². The third-order valence-electron chi connectivity index (χ3n) is 5.56. The first kappa shape index (κ1) is 18.4. The number of nitrogens with one attached hydrogen (secondary N) is 1. The monoisotopic (exact) mass is 388 g/mol. The number of H-pyrrole nitrogens is 1. The van der Waals surface area contributed by atoms with Gasteiger partial charge in [-0.05, 0) is 36.5 Å². The molecule has 2 aliphatic rings. The number of aromatic nitrogens is 1. The minimum atomic E-state index is -3.47. The molecule has 1 aromatic heterocycles. The second-order valence-electron chi connectivity index (χ2n) is 7.14. The lowest BCUT2D eigenvalue weighted by molar-refractivity contribution is -0.367. The highest BCUT2D eigenvalue weighted by atomic mass is 32.2. The number of anilines is 1. The van der Waals surface area contributed by atoms with Gasteiger partial charge >= 0.3 is 0 Å². The molecule has 2 heterocycles. The van der Waals surface area contributed by atoms with Gasteiger partial charge < -0.3 is 4.74 Å². The van der Waals surface area contributed by atoms with Gasteiger partial charge in [0.25, 0.3) is 5.82 Å². The number of morpholine rings is 1. The molecule has 1 aliphatic carbocycles. The van der Waals surface area contributed by atoms with E-state index in [9.17, 15) is 8.42 Å². The standard InChI is InChI=1S/C20H25N3O3S/c1-22(19-8-4-6-16-5-2-3-7-18(16)19)20-10-9-17(15-21-20)27(24,25)23-11-13-26-14-12-23/h2-3,5,7,9-10,15,19H,4,6,8,11-14H2,1H3/p+1/t19-/m0/s1. The molecule has 7 heteroatoms. The van der Waals surface area contributed by atoms with Crippen LogP contribution in [0.25, 0.3) is 0 Å². The number of hydrogen-bond acceptors (Lipinski definition) is 4. The van der Waals surface area contributed by atoms with Crippen LogP contribution in [0.3, 0.4) is 0 Å². The lowest BCUT2D eigenvalue weighted by Crippen LogP contribution is -2.41. The Kier molecular flexibility index (Phi) is 5.16. The summed E-state index contributed by atoms with van der Waals surface area (Å²) in [4.78, 5) is 5.71. The molecule has 27 heavy (non-hydrogen) atoms. The molecular weight excluding hydrogens is 362 g/mol. The van der Waals surface area contributed by atoms with Gasteiger partial charge in [0.05, 0.1) is 20.3 Å². The van der Waals surface area contributed by atoms with Crippen molar-refractivity contribution in [3.05, 3.63) is 53.7 Å². The van der Waals surface area contributed by atoms with Crippen LogP contribution in [0.1, 0.15) is 30.0 Å². The normalized spacial score (nSPS) is 20.9. The fourth-order valence-electron chi connectivity index (χ4n) is 4.02. The zero-order chi connectivity index (χ0) is 18.9. The smallest absolute Gasteiger partial charge is 0.274 e. The number of aryl methyl sites for hydroxylation is 1. The average Bonchev–Trinajstić information content (AvgIpc) is 2.73. The quantitative estimate of drug-likeness (QED) is 0.804. The number of fused-ring (bicyclic) bond motifs is 1. The molecule has 1 aliphatic heterocycles. The Bertz CT molecular complexity index is 893. The van der Waals surface area contributed by atoms with Crippen molar-refractivity contribution in [2.75, 3.05) is 38.3 Å². The van der Waals surface area contributed by atoms with Crippen LogP contribution in [0, 0.1) is 0 Å². The maximum atomic E-state index is 12.8. The second-order valence-corrected chi connectivity index (χ2v) is 9.08. The molecule has 0 radical (unpaired) electrons. The Morgan fingerprint density at radius 1 is 1.15 bits per heavy atom. The van der Waals surface area contributed by atoms with E-state index in [0.29, 0.717) is 37.2 Å². The van der Waals surface area contributed by atoms with E-state index >= 15 is 0 Å². The first-order chi connectivity index (χ1) is 13.1. The van der Waals surface area contributed by atoms with Crippen LogP contribution in [0.15, 0.2) is 47.5 Å². The van der Waals surface area contributed by atoms with Gasteiger partial charge in [-0.1, -0.05) is 24.3 Å². The molecule has 1 atom stereocenters. The molecule has 1 fully saturated rings. The summed E-state index contributed by atoms with van der Waals surface area (Å²) in [7, 11) is -1.41. The van der Waals surface area contributed by atoms with Gasteiger partial charge in [-0.2, -0.15) is 4.31 Å². The lowest BCUT2D eigenvalue weighted by Gasteiger charge is -2.29. The van der Waals surface area contributed by atoms with E-state index in [1.165, 1.54) is 15.4 Å². The Hall–Kier alpha value is -1.96. The molecule has 4 rings (SSSR count). The molecule has 1 aromatic carbocycles. The van der Waals surface area contributed by atoms with Crippen LogP contribution in [0.2, 0.25) is 0 Å². The van der Waals surface area contributed by atoms with Crippen LogP contribution in [-0.2, 0) is 21.2 Å². The van der Waals surface area contributed by atoms with Crippen LogP contribution in [-0.4, -0.2) is 46.1 Å². The van der Waals surface area contributed by atoms with Gasteiger partial charge in [0, 0.05) is 19.2 Å². The van der Waals surface area contributed by atoms with Crippen molar-refractivity contribution >= 4 is 15.8 Å². The number of aromatic amines is 1. The fourth-order valence-corrected chi connectivity index (χ4v) is 5.39. The SMILES string of the molecule is CN(c1ccc(S(=O)(=O)N2CCOCC2)c[nH+]1)[C@H]1CCCc2ccccc21. The average molecular weight is 389 g/mol. The summed E-state index contributed by atoms with van der Waals surface area (Å²) < 4.78 is 32.3. The molecule has 0 saturated carbocycles. The molecule has 6 nitrogen and oxygen atoms in total. The lowest BCUT2D eigenvalue weighted by atomic mass is 9.87. The van der Waals surface area contributed by atoms with Crippen molar-refractivity contribution in [3.63, 3.8) is 0 Å². The van der Waals surface area contributed by atoms with Gasteiger partial charge in [-0.25, -0.2) is 13.4 Å². The van der Waals surface area contributed by atoms with Gasteiger partial charge in [-0.3, -0.25) is 4.90 Å². The first-order valence-corrected chi connectivity index (χ1v) is 10.9. The maximum absolute atomic E-state index is 12.8. The number of nitrogens with zero attached hydrogens (tertiary/aromatic N) is 2. The Balaban J connectivity index is 1.56. The van der Waals surface area contributed by atoms with Crippen LogP contribution >= 0.6 is 0 Å². The van der Waals surface area contributed by atoms with Crippen molar-refractivity contribution in [1.82, 2.24) is 4.31 Å². The third-order valence-corrected chi connectivity index (χ3v) is 7.46. The molecule has 0 amide bonds. The van der Waals surface area contributed by atoms with Crippen molar-refractivity contribution in [1.29, 1.82) is 0 Å². The highest BCUT2D eigenvalue weighted by Gasteiger charge is 2.31. The molecule has 0 unspecified atom stereocenters. The fraction of sp³-hybridized carbons (Fsp3) is 0.450. The number of pyridine rings is 1. The summed E-state index contributed by atoms with van der Waals surface area (Å²) in [5.74, 6) is 0.914. The molecule has 144 valence electrons. The predicted octanol–water partition coefficient (Wildman–Crippen LogP) is 2.04. The first-order valence-electron chi connectivity index (χ1n) is 9.47. The van der Waals surface area contributed by atoms with Crippen LogP contribution in [0.4, 0.5) is 5.82 Å². The summed E-state index contributed by atoms with van der Waals surface area (Å²) in [5.41, 5.74) is 2.77. The van der Waals surface area contributed by atoms with Gasteiger partial charge in [0.1, 0.15) is 17.1 Å². The topological polar surface area (TPSA) is 64.0 Å². The number of sulfonamides is 1. The molecule has 1 N–H and O–H groups in total. The van der Waals surface area contributed by atoms with Crippen LogP contribution < -0.4 is 9.88 Å². The zero-order valence-electron chi connectivity index (χ0n) is 15.6. The van der Waals surface area contributed by atoms with E-state index in [-0.39, 0.29) is 0 Å². The number of hydrogen-bond donors (Lipinski definition) is 0. The Morgan fingerprint density at radius 3 is 2.67 bits per heavy atom. The molecule has 0 bridgehead atoms. The van der Waals surface area contributed by atoms with E-state index in [0.717, 1.165) is 25.1 Å². The summed E-state index contributed by atoms with van der Waals surface area (Å²) in [6.07, 6.45) is 4.98. The van der Waals surface area contributed by atoms with E-state index in [2.05, 4.69) is 41.2 Å². The maximum Gasteiger partial charge on any atom is 0.274 e. The number of rotatable bonds is 4. The van der Waals surface area contributed by atoms with Crippen molar-refractivity contribution < 1.29 is 18.1 Å². The van der Waals surface area contributed by atoms with Crippen molar-refractivity contribution in [2.45, 2.75) is 30.2 Å². The zero-order valence-corrected chi connectivity index (χ0v) is 16.4. The van der Waals surface area contributed by atoms with Gasteiger partial charge in [0.2, 0.25) is 10.0 Å². The summed E-state index contributed by atoms with van der Waals surface area (Å²) in [6.45, 7) is 1.71. The highest BCUT2D eigenvalue weighted by Crippen LogP contribution is 2.34. The van der Waals surface area contributed by atoms with E-state index in [4.69, 9.17) is 4.74 Å². The van der Waals surface area contributed by atoms with Crippen LogP contribution in [0.5, 0.6) is 0 Å². The number of ether oxygens (including phenoxy) is 1. The Labute approximate surface area is 160 Å². The summed E-state index contributed by atoms with van der Waals surface area (Å²) in [6, 6.07) is 12.5. The molecule has 2 aromatic rings. The highest BCUT2D eigenvalue weighted by molar-refractivity contribution is 7.89. The Morgan fingerprint density at radius 2 is 1.93 bits per heavy atom. The van der Waals surface area contributed by atoms with Crippen molar-refractivity contribution in [3.8, 4) is 0 Å². The molecule has 0 spiro atoms. The van der Waals surface area contributed by atoms with Gasteiger partial charge in [-0.15, -0.1) is 0 Å².